The molecule has 1 fully saturated rings. The zero-order chi connectivity index (χ0) is 13.1. The Labute approximate surface area is 109 Å². The van der Waals surface area contributed by atoms with Crippen molar-refractivity contribution in [2.24, 2.45) is 0 Å². The lowest BCUT2D eigenvalue weighted by atomic mass is 10.3. The van der Waals surface area contributed by atoms with Gasteiger partial charge in [0.15, 0.2) is 0 Å². The van der Waals surface area contributed by atoms with E-state index in [0.29, 0.717) is 36.5 Å². The molecule has 1 aliphatic rings. The first kappa shape index (κ1) is 12.0. The Morgan fingerprint density at radius 3 is 3.00 bits per heavy atom. The molecule has 0 radical (unpaired) electrons. The summed E-state index contributed by atoms with van der Waals surface area (Å²) in [4.78, 5) is 4.30. The van der Waals surface area contributed by atoms with Gasteiger partial charge >= 0.3 is 0 Å². The first-order chi connectivity index (χ1) is 9.36. The molecule has 0 saturated carbocycles. The average Bonchev–Trinajstić information content (AvgIpc) is 2.98. The van der Waals surface area contributed by atoms with Crippen LogP contribution in [0.5, 0.6) is 5.88 Å². The molecule has 8 heteroatoms. The first-order valence-electron chi connectivity index (χ1n) is 5.89. The number of methoxy groups -OCH3 is 1. The van der Waals surface area contributed by atoms with Gasteiger partial charge in [0.2, 0.25) is 17.6 Å². The number of rotatable bonds is 3. The predicted molar refractivity (Wildman–Crippen MR) is 63.4 cm³/mol. The molecule has 8 nitrogen and oxygen atoms in total. The molecule has 2 aromatic heterocycles. The second-order valence-electron chi connectivity index (χ2n) is 4.00. The third-order valence-corrected chi connectivity index (χ3v) is 2.74. The highest BCUT2D eigenvalue weighted by atomic mass is 16.5. The van der Waals surface area contributed by atoms with Crippen molar-refractivity contribution in [3.63, 3.8) is 0 Å². The predicted octanol–water partition coefficient (Wildman–Crippen LogP) is 0.196. The van der Waals surface area contributed by atoms with E-state index in [1.165, 1.54) is 7.11 Å². The topological polar surface area (TPSA) is 95.2 Å². The maximum Gasteiger partial charge on any atom is 0.246 e. The lowest BCUT2D eigenvalue weighted by Gasteiger charge is -2.20. The van der Waals surface area contributed by atoms with Gasteiger partial charge in [-0.3, -0.25) is 0 Å². The highest BCUT2D eigenvalue weighted by Crippen LogP contribution is 2.18. The molecule has 100 valence electrons. The Bertz CT molecular complexity index is 536. The van der Waals surface area contributed by atoms with Crippen LogP contribution in [0.1, 0.15) is 11.9 Å². The lowest BCUT2D eigenvalue weighted by molar-refractivity contribution is 0.0659. The molecule has 0 aliphatic carbocycles. The molecule has 1 saturated heterocycles. The monoisotopic (exact) mass is 263 g/mol. The van der Waals surface area contributed by atoms with Gasteiger partial charge in [-0.2, -0.15) is 4.98 Å². The number of hydrogen-bond acceptors (Lipinski definition) is 8. The smallest absolute Gasteiger partial charge is 0.246 e. The summed E-state index contributed by atoms with van der Waals surface area (Å²) in [5, 5.41) is 15.0. The van der Waals surface area contributed by atoms with Crippen molar-refractivity contribution in [1.29, 1.82) is 0 Å². The Morgan fingerprint density at radius 1 is 1.37 bits per heavy atom. The molecule has 19 heavy (non-hydrogen) atoms. The van der Waals surface area contributed by atoms with Gasteiger partial charge in [0.1, 0.15) is 11.7 Å². The molecule has 2 aromatic rings. The Balaban J connectivity index is 1.79. The Kier molecular flexibility index (Phi) is 3.34. The van der Waals surface area contributed by atoms with Crippen molar-refractivity contribution < 1.29 is 14.0 Å². The van der Waals surface area contributed by atoms with Gasteiger partial charge in [-0.25, -0.2) is 0 Å². The van der Waals surface area contributed by atoms with Crippen LogP contribution < -0.4 is 10.1 Å². The molecule has 0 spiro atoms. The SMILES string of the molecule is COc1ccc(-c2noc(C3COCCN3)n2)nn1. The summed E-state index contributed by atoms with van der Waals surface area (Å²) in [6.07, 6.45) is 0. The minimum absolute atomic E-state index is 0.0683. The molecule has 0 bridgehead atoms. The van der Waals surface area contributed by atoms with Gasteiger partial charge in [-0.15, -0.1) is 10.2 Å². The molecular formula is C11H13N5O3. The number of ether oxygens (including phenoxy) is 2. The molecule has 1 atom stereocenters. The molecule has 0 aromatic carbocycles. The van der Waals surface area contributed by atoms with Crippen molar-refractivity contribution >= 4 is 0 Å². The third kappa shape index (κ3) is 2.54. The number of aromatic nitrogens is 4. The lowest BCUT2D eigenvalue weighted by Crippen LogP contribution is -2.34. The summed E-state index contributed by atoms with van der Waals surface area (Å²) in [6, 6.07) is 3.35. The number of morpholine rings is 1. The van der Waals surface area contributed by atoms with Crippen LogP contribution in [0.15, 0.2) is 16.7 Å². The highest BCUT2D eigenvalue weighted by molar-refractivity contribution is 5.47. The first-order valence-corrected chi connectivity index (χ1v) is 5.89. The average molecular weight is 263 g/mol. The summed E-state index contributed by atoms with van der Waals surface area (Å²) < 4.78 is 15.5. The molecule has 1 unspecified atom stereocenters. The van der Waals surface area contributed by atoms with E-state index in [0.717, 1.165) is 6.54 Å². The van der Waals surface area contributed by atoms with Crippen molar-refractivity contribution in [3.05, 3.63) is 18.0 Å². The molecular weight excluding hydrogens is 250 g/mol. The molecule has 0 amide bonds. The van der Waals surface area contributed by atoms with Gasteiger partial charge in [-0.05, 0) is 6.07 Å². The fraction of sp³-hybridized carbons (Fsp3) is 0.455. The normalized spacial score (nSPS) is 19.3. The standard InChI is InChI=1S/C11H13N5O3/c1-17-9-3-2-7(14-15-9)10-13-11(19-16-10)8-6-18-5-4-12-8/h2-3,8,12H,4-6H2,1H3. The summed E-state index contributed by atoms with van der Waals surface area (Å²) in [5.74, 6) is 1.33. The Hall–Kier alpha value is -2.06. The van der Waals surface area contributed by atoms with E-state index in [1.807, 2.05) is 0 Å². The van der Waals surface area contributed by atoms with Crippen LogP contribution in [-0.2, 0) is 4.74 Å². The molecule has 1 N–H and O–H groups in total. The van der Waals surface area contributed by atoms with Crippen molar-refractivity contribution in [3.8, 4) is 17.4 Å². The third-order valence-electron chi connectivity index (χ3n) is 2.74. The molecule has 3 heterocycles. The maximum absolute atomic E-state index is 5.35. The van der Waals surface area contributed by atoms with Crippen molar-refractivity contribution in [2.45, 2.75) is 6.04 Å². The van der Waals surface area contributed by atoms with E-state index in [-0.39, 0.29) is 6.04 Å². The summed E-state index contributed by atoms with van der Waals surface area (Å²) in [7, 11) is 1.53. The van der Waals surface area contributed by atoms with E-state index < -0.39 is 0 Å². The Morgan fingerprint density at radius 2 is 2.32 bits per heavy atom. The van der Waals surface area contributed by atoms with Gasteiger partial charge in [0, 0.05) is 12.6 Å². The van der Waals surface area contributed by atoms with Gasteiger partial charge in [0.25, 0.3) is 0 Å². The van der Waals surface area contributed by atoms with Crippen LogP contribution in [-0.4, -0.2) is 47.2 Å². The van der Waals surface area contributed by atoms with E-state index in [1.54, 1.807) is 12.1 Å². The second-order valence-corrected chi connectivity index (χ2v) is 4.00. The quantitative estimate of drug-likeness (QED) is 0.838. The van der Waals surface area contributed by atoms with Crippen molar-refractivity contribution in [2.75, 3.05) is 26.9 Å². The zero-order valence-corrected chi connectivity index (χ0v) is 10.4. The number of nitrogens with one attached hydrogen (secondary N) is 1. The highest BCUT2D eigenvalue weighted by Gasteiger charge is 2.22. The summed E-state index contributed by atoms with van der Waals surface area (Å²) in [5.41, 5.74) is 0.535. The fourth-order valence-corrected chi connectivity index (χ4v) is 1.75. The maximum atomic E-state index is 5.35. The van der Waals surface area contributed by atoms with Gasteiger partial charge < -0.3 is 19.3 Å². The van der Waals surface area contributed by atoms with Crippen molar-refractivity contribution in [1.82, 2.24) is 25.7 Å². The van der Waals surface area contributed by atoms with Crippen LogP contribution >= 0.6 is 0 Å². The summed E-state index contributed by atoms with van der Waals surface area (Å²) in [6.45, 7) is 1.99. The van der Waals surface area contributed by atoms with E-state index in [4.69, 9.17) is 14.0 Å². The van der Waals surface area contributed by atoms with E-state index in [9.17, 15) is 0 Å². The second kappa shape index (κ2) is 5.29. The van der Waals surface area contributed by atoms with Crippen LogP contribution in [0, 0.1) is 0 Å². The molecule has 3 rings (SSSR count). The van der Waals surface area contributed by atoms with Crippen LogP contribution in [0.3, 0.4) is 0 Å². The van der Waals surface area contributed by atoms with E-state index >= 15 is 0 Å². The largest absolute Gasteiger partial charge is 0.480 e. The fourth-order valence-electron chi connectivity index (χ4n) is 1.75. The summed E-state index contributed by atoms with van der Waals surface area (Å²) >= 11 is 0. The number of hydrogen-bond donors (Lipinski definition) is 1. The molecule has 1 aliphatic heterocycles. The van der Waals surface area contributed by atoms with Gasteiger partial charge in [0.05, 0.1) is 20.3 Å². The van der Waals surface area contributed by atoms with E-state index in [2.05, 4.69) is 25.7 Å². The number of nitrogens with zero attached hydrogens (tertiary/aromatic N) is 4. The minimum Gasteiger partial charge on any atom is -0.480 e. The zero-order valence-electron chi connectivity index (χ0n) is 10.4. The van der Waals surface area contributed by atoms with Crippen LogP contribution in [0.25, 0.3) is 11.5 Å². The van der Waals surface area contributed by atoms with Gasteiger partial charge in [-0.1, -0.05) is 5.16 Å². The van der Waals surface area contributed by atoms with Crippen LogP contribution in [0.2, 0.25) is 0 Å². The van der Waals surface area contributed by atoms with Crippen LogP contribution in [0.4, 0.5) is 0 Å². The minimum atomic E-state index is -0.0683.